The van der Waals surface area contributed by atoms with Gasteiger partial charge < -0.3 is 25.2 Å². The van der Waals surface area contributed by atoms with Gasteiger partial charge in [0.05, 0.1) is 27.3 Å². The van der Waals surface area contributed by atoms with Gasteiger partial charge in [-0.1, -0.05) is 36.4 Å². The second-order valence-corrected chi connectivity index (χ2v) is 6.71. The van der Waals surface area contributed by atoms with Crippen LogP contribution in [0.15, 0.2) is 53.5 Å². The maximum atomic E-state index is 11.8. The lowest BCUT2D eigenvalue weighted by Gasteiger charge is -2.25. The Morgan fingerprint density at radius 3 is 2.43 bits per heavy atom. The van der Waals surface area contributed by atoms with Crippen molar-refractivity contribution in [2.75, 3.05) is 27.3 Å². The molecule has 0 radical (unpaired) electrons. The average Bonchev–Trinajstić information content (AvgIpc) is 2.75. The molecule has 0 aliphatic carbocycles. The van der Waals surface area contributed by atoms with Gasteiger partial charge in [0.15, 0.2) is 5.96 Å². The van der Waals surface area contributed by atoms with Crippen molar-refractivity contribution in [3.05, 3.63) is 65.2 Å². The van der Waals surface area contributed by atoms with Crippen LogP contribution in [0.2, 0.25) is 0 Å². The van der Waals surface area contributed by atoms with E-state index >= 15 is 0 Å². The first-order chi connectivity index (χ1) is 13.9. The van der Waals surface area contributed by atoms with Gasteiger partial charge >= 0.3 is 5.97 Å². The zero-order valence-electron chi connectivity index (χ0n) is 17.8. The number of aliphatic imine (C=N–C) groups is 1. The number of nitrogens with zero attached hydrogens (tertiary/aromatic N) is 1. The SMILES string of the molecule is CCNC(=NCc1ccc(C(=O)OC)c(OC)c1)NCC(C)(O)c1ccccc1.I. The third-order valence-electron chi connectivity index (χ3n) is 4.43. The molecule has 30 heavy (non-hydrogen) atoms. The Morgan fingerprint density at radius 2 is 1.83 bits per heavy atom. The van der Waals surface area contributed by atoms with Crippen LogP contribution in [0.1, 0.15) is 35.3 Å². The van der Waals surface area contributed by atoms with Crippen molar-refractivity contribution in [1.82, 2.24) is 10.6 Å². The number of rotatable bonds is 8. The number of guanidine groups is 1. The highest BCUT2D eigenvalue weighted by Gasteiger charge is 2.23. The van der Waals surface area contributed by atoms with Crippen LogP contribution in [0.5, 0.6) is 5.75 Å². The van der Waals surface area contributed by atoms with Gasteiger partial charge in [-0.2, -0.15) is 0 Å². The van der Waals surface area contributed by atoms with Crippen LogP contribution in [-0.4, -0.2) is 44.3 Å². The van der Waals surface area contributed by atoms with Crippen molar-refractivity contribution in [3.8, 4) is 5.75 Å². The molecule has 1 atom stereocenters. The number of benzene rings is 2. The largest absolute Gasteiger partial charge is 0.496 e. The lowest BCUT2D eigenvalue weighted by molar-refractivity contribution is 0.0595. The Labute approximate surface area is 194 Å². The van der Waals surface area contributed by atoms with E-state index in [-0.39, 0.29) is 24.0 Å². The average molecular weight is 527 g/mol. The molecular weight excluding hydrogens is 497 g/mol. The van der Waals surface area contributed by atoms with Gasteiger partial charge in [-0.05, 0) is 37.1 Å². The molecule has 0 amide bonds. The molecule has 8 heteroatoms. The quantitative estimate of drug-likeness (QED) is 0.212. The first-order valence-electron chi connectivity index (χ1n) is 9.46. The van der Waals surface area contributed by atoms with Crippen molar-refractivity contribution < 1.29 is 19.4 Å². The Balaban J connectivity index is 0.00000450. The lowest BCUT2D eigenvalue weighted by Crippen LogP contribution is -2.44. The van der Waals surface area contributed by atoms with Crippen LogP contribution >= 0.6 is 24.0 Å². The fourth-order valence-electron chi connectivity index (χ4n) is 2.78. The molecule has 0 spiro atoms. The molecule has 0 bridgehead atoms. The maximum Gasteiger partial charge on any atom is 0.341 e. The van der Waals surface area contributed by atoms with Gasteiger partial charge in [0, 0.05) is 6.54 Å². The van der Waals surface area contributed by atoms with E-state index in [1.54, 1.807) is 19.1 Å². The predicted molar refractivity (Wildman–Crippen MR) is 129 cm³/mol. The number of hydrogen-bond donors (Lipinski definition) is 3. The van der Waals surface area contributed by atoms with E-state index in [0.717, 1.165) is 11.1 Å². The zero-order chi connectivity index (χ0) is 21.3. The molecular formula is C22H30IN3O4. The highest BCUT2D eigenvalue weighted by Crippen LogP contribution is 2.22. The van der Waals surface area contributed by atoms with Crippen LogP contribution < -0.4 is 15.4 Å². The fourth-order valence-corrected chi connectivity index (χ4v) is 2.78. The van der Waals surface area contributed by atoms with E-state index in [4.69, 9.17) is 9.47 Å². The van der Waals surface area contributed by atoms with Crippen molar-refractivity contribution in [2.45, 2.75) is 26.0 Å². The van der Waals surface area contributed by atoms with E-state index in [0.29, 0.717) is 36.9 Å². The summed E-state index contributed by atoms with van der Waals surface area (Å²) in [5.74, 6) is 0.573. The molecule has 0 saturated heterocycles. The summed E-state index contributed by atoms with van der Waals surface area (Å²) in [6.45, 7) is 5.09. The molecule has 0 saturated carbocycles. The van der Waals surface area contributed by atoms with Crippen LogP contribution in [0.4, 0.5) is 0 Å². The summed E-state index contributed by atoms with van der Waals surface area (Å²) in [4.78, 5) is 16.3. The molecule has 2 aromatic carbocycles. The Morgan fingerprint density at radius 1 is 1.13 bits per heavy atom. The molecule has 1 unspecified atom stereocenters. The number of carbonyl (C=O) groups is 1. The van der Waals surface area contributed by atoms with Crippen LogP contribution in [0.3, 0.4) is 0 Å². The standard InChI is InChI=1S/C22H29N3O4.HI/c1-5-23-21(25-15-22(2,27)17-9-7-6-8-10-17)24-14-16-11-12-18(20(26)29-4)19(13-16)28-3;/h6-13,27H,5,14-15H2,1-4H3,(H2,23,24,25);1H. The Bertz CT molecular complexity index is 842. The lowest BCUT2D eigenvalue weighted by atomic mass is 9.96. The topological polar surface area (TPSA) is 92.2 Å². The number of nitrogens with one attached hydrogen (secondary N) is 2. The molecule has 3 N–H and O–H groups in total. The Hall–Kier alpha value is -2.33. The van der Waals surface area contributed by atoms with Gasteiger partial charge in [0.2, 0.25) is 0 Å². The number of aliphatic hydroxyl groups is 1. The molecule has 7 nitrogen and oxygen atoms in total. The van der Waals surface area contributed by atoms with Gasteiger partial charge in [0.1, 0.15) is 16.9 Å². The summed E-state index contributed by atoms with van der Waals surface area (Å²) < 4.78 is 10.0. The summed E-state index contributed by atoms with van der Waals surface area (Å²) in [5, 5.41) is 17.1. The summed E-state index contributed by atoms with van der Waals surface area (Å²) in [7, 11) is 2.84. The van der Waals surface area contributed by atoms with E-state index in [2.05, 4.69) is 15.6 Å². The molecule has 0 heterocycles. The van der Waals surface area contributed by atoms with Crippen molar-refractivity contribution in [2.24, 2.45) is 4.99 Å². The minimum absolute atomic E-state index is 0. The maximum absolute atomic E-state index is 11.8. The molecule has 0 fully saturated rings. The number of esters is 1. The molecule has 164 valence electrons. The third kappa shape index (κ3) is 7.17. The minimum atomic E-state index is -1.04. The molecule has 0 aromatic heterocycles. The van der Waals surface area contributed by atoms with Crippen molar-refractivity contribution in [1.29, 1.82) is 0 Å². The first-order valence-corrected chi connectivity index (χ1v) is 9.46. The Kier molecular flexibility index (Phi) is 10.6. The summed E-state index contributed by atoms with van der Waals surface area (Å²) in [6, 6.07) is 14.7. The summed E-state index contributed by atoms with van der Waals surface area (Å²) in [6.07, 6.45) is 0. The van der Waals surface area contributed by atoms with Crippen molar-refractivity contribution in [3.63, 3.8) is 0 Å². The van der Waals surface area contributed by atoms with Crippen LogP contribution in [0.25, 0.3) is 0 Å². The first kappa shape index (κ1) is 25.7. The number of halogens is 1. The number of carbonyl (C=O) groups excluding carboxylic acids is 1. The zero-order valence-corrected chi connectivity index (χ0v) is 20.1. The number of ether oxygens (including phenoxy) is 2. The predicted octanol–water partition coefficient (Wildman–Crippen LogP) is 3.06. The summed E-state index contributed by atoms with van der Waals surface area (Å²) in [5.41, 5.74) is 1.03. The van der Waals surface area contributed by atoms with E-state index < -0.39 is 11.6 Å². The molecule has 2 rings (SSSR count). The number of methoxy groups -OCH3 is 2. The van der Waals surface area contributed by atoms with Gasteiger partial charge in [-0.25, -0.2) is 9.79 Å². The molecule has 2 aromatic rings. The van der Waals surface area contributed by atoms with Crippen molar-refractivity contribution >= 4 is 35.9 Å². The van der Waals surface area contributed by atoms with E-state index in [1.807, 2.05) is 43.3 Å². The van der Waals surface area contributed by atoms with Gasteiger partial charge in [-0.3, -0.25) is 0 Å². The van der Waals surface area contributed by atoms with E-state index in [9.17, 15) is 9.90 Å². The second kappa shape index (κ2) is 12.4. The minimum Gasteiger partial charge on any atom is -0.496 e. The van der Waals surface area contributed by atoms with Gasteiger partial charge in [0.25, 0.3) is 0 Å². The fraction of sp³-hybridized carbons (Fsp3) is 0.364. The third-order valence-corrected chi connectivity index (χ3v) is 4.43. The summed E-state index contributed by atoms with van der Waals surface area (Å²) >= 11 is 0. The normalized spacial score (nSPS) is 12.9. The second-order valence-electron chi connectivity index (χ2n) is 6.71. The van der Waals surface area contributed by atoms with Crippen LogP contribution in [-0.2, 0) is 16.9 Å². The van der Waals surface area contributed by atoms with Crippen LogP contribution in [0, 0.1) is 0 Å². The highest BCUT2D eigenvalue weighted by molar-refractivity contribution is 14.0. The monoisotopic (exact) mass is 527 g/mol. The van der Waals surface area contributed by atoms with Gasteiger partial charge in [-0.15, -0.1) is 24.0 Å². The molecule has 0 aliphatic rings. The smallest absolute Gasteiger partial charge is 0.341 e. The number of hydrogen-bond acceptors (Lipinski definition) is 5. The highest BCUT2D eigenvalue weighted by atomic mass is 127. The van der Waals surface area contributed by atoms with E-state index in [1.165, 1.54) is 14.2 Å². The molecule has 0 aliphatic heterocycles.